The minimum Gasteiger partial charge on any atom is -0.258 e. The maximum absolute atomic E-state index is 11.2. The van der Waals surface area contributed by atoms with Gasteiger partial charge >= 0.3 is 5.24 Å². The number of thioether (sulfide) groups is 1. The average Bonchev–Trinajstić information content (AvgIpc) is 2.36. The van der Waals surface area contributed by atoms with Gasteiger partial charge in [0, 0.05) is 0 Å². The summed E-state index contributed by atoms with van der Waals surface area (Å²) in [4.78, 5) is 10.5. The molecule has 0 spiro atoms. The summed E-state index contributed by atoms with van der Waals surface area (Å²) in [6, 6.07) is 0. The summed E-state index contributed by atoms with van der Waals surface area (Å²) in [5.41, 5.74) is 0. The van der Waals surface area contributed by atoms with Gasteiger partial charge in [-0.3, -0.25) is 4.79 Å². The zero-order chi connectivity index (χ0) is 9.19. The maximum Gasteiger partial charge on any atom is 0.326 e. The Labute approximate surface area is 73.9 Å². The van der Waals surface area contributed by atoms with Crippen LogP contribution in [0.1, 0.15) is 0 Å². The van der Waals surface area contributed by atoms with E-state index in [1.807, 2.05) is 0 Å². The Bertz CT molecular complexity index is 333. The van der Waals surface area contributed by atoms with Crippen molar-refractivity contribution < 1.29 is 13.2 Å². The molecule has 1 aliphatic heterocycles. The first-order valence-electron chi connectivity index (χ1n) is 3.00. The van der Waals surface area contributed by atoms with Gasteiger partial charge in [0.2, 0.25) is 4.71 Å². The lowest BCUT2D eigenvalue weighted by molar-refractivity contribution is 0.267. The number of carbonyl (C=O) groups excluding carboxylic acids is 1. The van der Waals surface area contributed by atoms with Crippen LogP contribution in [0.2, 0.25) is 0 Å². The molecule has 0 N–H and O–H groups in total. The largest absolute Gasteiger partial charge is 0.326 e. The number of nitrogens with zero attached hydrogens (tertiary/aromatic N) is 2. The molecule has 0 aromatic heterocycles. The van der Waals surface area contributed by atoms with Gasteiger partial charge in [0.1, 0.15) is 0 Å². The van der Waals surface area contributed by atoms with Crippen LogP contribution >= 0.6 is 11.8 Å². The maximum atomic E-state index is 11.2. The number of rotatable bonds is 3. The molecule has 1 amide bonds. The third kappa shape index (κ3) is 1.92. The van der Waals surface area contributed by atoms with Crippen LogP contribution in [0.3, 0.4) is 0 Å². The zero-order valence-corrected chi connectivity index (χ0v) is 7.64. The SMILES string of the molecule is C=CCS(=O)(=O)C1N=NC(=O)S1. The molecule has 0 aliphatic carbocycles. The quantitative estimate of drug-likeness (QED) is 0.650. The second kappa shape index (κ2) is 3.36. The molecule has 1 unspecified atom stereocenters. The van der Waals surface area contributed by atoms with Gasteiger partial charge in [0.15, 0.2) is 9.84 Å². The van der Waals surface area contributed by atoms with Crippen LogP contribution in [0, 0.1) is 0 Å². The first kappa shape index (κ1) is 9.40. The van der Waals surface area contributed by atoms with Crippen molar-refractivity contribution in [3.05, 3.63) is 12.7 Å². The van der Waals surface area contributed by atoms with Gasteiger partial charge in [-0.1, -0.05) is 6.08 Å². The normalized spacial score (nSPS) is 23.0. The lowest BCUT2D eigenvalue weighted by Crippen LogP contribution is -2.16. The van der Waals surface area contributed by atoms with Crippen molar-refractivity contribution in [1.29, 1.82) is 0 Å². The molecule has 1 aliphatic rings. The van der Waals surface area contributed by atoms with Crippen LogP contribution in [0.5, 0.6) is 0 Å². The van der Waals surface area contributed by atoms with Crippen LogP contribution in [0.15, 0.2) is 22.9 Å². The summed E-state index contributed by atoms with van der Waals surface area (Å²) >= 11 is 0.604. The first-order chi connectivity index (χ1) is 5.56. The fourth-order valence-electron chi connectivity index (χ4n) is 0.619. The van der Waals surface area contributed by atoms with Gasteiger partial charge in [0.05, 0.1) is 5.75 Å². The summed E-state index contributed by atoms with van der Waals surface area (Å²) in [5, 5.41) is 5.85. The summed E-state index contributed by atoms with van der Waals surface area (Å²) < 4.78 is 21.3. The van der Waals surface area contributed by atoms with E-state index in [1.165, 1.54) is 6.08 Å². The number of hydrogen-bond acceptors (Lipinski definition) is 5. The van der Waals surface area contributed by atoms with Crippen molar-refractivity contribution in [2.75, 3.05) is 5.75 Å². The van der Waals surface area contributed by atoms with Crippen molar-refractivity contribution in [2.45, 2.75) is 4.71 Å². The van der Waals surface area contributed by atoms with E-state index in [9.17, 15) is 13.2 Å². The summed E-state index contributed by atoms with van der Waals surface area (Å²) in [6.45, 7) is 3.29. The molecule has 5 nitrogen and oxygen atoms in total. The molecule has 0 aromatic carbocycles. The summed E-state index contributed by atoms with van der Waals surface area (Å²) in [6.07, 6.45) is 1.26. The van der Waals surface area contributed by atoms with E-state index in [2.05, 4.69) is 16.8 Å². The third-order valence-corrected chi connectivity index (χ3v) is 4.25. The number of azo groups is 1. The van der Waals surface area contributed by atoms with Crippen molar-refractivity contribution >= 4 is 26.8 Å². The number of amides is 1. The minimum absolute atomic E-state index is 0.184. The van der Waals surface area contributed by atoms with Crippen molar-refractivity contribution in [3.8, 4) is 0 Å². The van der Waals surface area contributed by atoms with E-state index >= 15 is 0 Å². The molecule has 1 rings (SSSR count). The van der Waals surface area contributed by atoms with Crippen LogP contribution < -0.4 is 0 Å². The molecular weight excluding hydrogens is 200 g/mol. The lowest BCUT2D eigenvalue weighted by Gasteiger charge is -2.01. The second-order valence-corrected chi connectivity index (χ2v) is 5.46. The van der Waals surface area contributed by atoms with Gasteiger partial charge in [0.25, 0.3) is 0 Å². The summed E-state index contributed by atoms with van der Waals surface area (Å²) in [7, 11) is -3.38. The number of sulfone groups is 1. The standard InChI is InChI=1S/C5H6N2O3S2/c1-2-3-12(9,10)5-7-6-4(8)11-5/h2,5H,1,3H2. The fraction of sp³-hybridized carbons (Fsp3) is 0.400. The van der Waals surface area contributed by atoms with Gasteiger partial charge in [-0.2, -0.15) is 5.11 Å². The Kier molecular flexibility index (Phi) is 2.63. The van der Waals surface area contributed by atoms with Crippen molar-refractivity contribution in [1.82, 2.24) is 0 Å². The van der Waals surface area contributed by atoms with Gasteiger partial charge in [-0.25, -0.2) is 8.42 Å². The Hall–Kier alpha value is -0.690. The smallest absolute Gasteiger partial charge is 0.258 e. The number of carbonyl (C=O) groups is 1. The highest BCUT2D eigenvalue weighted by Crippen LogP contribution is 2.27. The highest BCUT2D eigenvalue weighted by Gasteiger charge is 2.31. The van der Waals surface area contributed by atoms with Crippen molar-refractivity contribution in [2.24, 2.45) is 10.2 Å². The van der Waals surface area contributed by atoms with E-state index in [0.29, 0.717) is 11.8 Å². The topological polar surface area (TPSA) is 75.9 Å². The fourth-order valence-corrected chi connectivity index (χ4v) is 2.73. The predicted octanol–water partition coefficient (Wildman–Crippen LogP) is 1.19. The molecule has 0 fully saturated rings. The molecule has 0 saturated heterocycles. The van der Waals surface area contributed by atoms with Crippen LogP contribution in [-0.4, -0.2) is 24.1 Å². The minimum atomic E-state index is -3.38. The van der Waals surface area contributed by atoms with Gasteiger partial charge in [-0.05, 0) is 11.8 Å². The molecule has 0 saturated carbocycles. The molecule has 0 radical (unpaired) electrons. The Morgan fingerprint density at radius 2 is 2.33 bits per heavy atom. The second-order valence-electron chi connectivity index (χ2n) is 2.02. The Morgan fingerprint density at radius 3 is 2.75 bits per heavy atom. The Morgan fingerprint density at radius 1 is 1.67 bits per heavy atom. The molecule has 0 aromatic rings. The van der Waals surface area contributed by atoms with Crippen LogP contribution in [0.4, 0.5) is 4.79 Å². The number of hydrogen-bond donors (Lipinski definition) is 0. The molecule has 1 atom stereocenters. The third-order valence-electron chi connectivity index (χ3n) is 1.09. The van der Waals surface area contributed by atoms with E-state index in [-0.39, 0.29) is 5.75 Å². The highest BCUT2D eigenvalue weighted by molar-refractivity contribution is 8.22. The monoisotopic (exact) mass is 206 g/mol. The zero-order valence-electron chi connectivity index (χ0n) is 6.00. The van der Waals surface area contributed by atoms with E-state index in [1.54, 1.807) is 0 Å². The van der Waals surface area contributed by atoms with E-state index in [4.69, 9.17) is 0 Å². The molecule has 1 heterocycles. The molecule has 0 bridgehead atoms. The van der Waals surface area contributed by atoms with E-state index in [0.717, 1.165) is 0 Å². The summed E-state index contributed by atoms with van der Waals surface area (Å²) in [5.74, 6) is -0.184. The van der Waals surface area contributed by atoms with Crippen LogP contribution in [-0.2, 0) is 9.84 Å². The van der Waals surface area contributed by atoms with Gasteiger partial charge < -0.3 is 0 Å². The predicted molar refractivity (Wildman–Crippen MR) is 45.6 cm³/mol. The molecule has 7 heteroatoms. The van der Waals surface area contributed by atoms with Gasteiger partial charge in [-0.15, -0.1) is 11.7 Å². The van der Waals surface area contributed by atoms with Crippen LogP contribution in [0.25, 0.3) is 0 Å². The first-order valence-corrected chi connectivity index (χ1v) is 5.60. The Balaban J connectivity index is 2.78. The average molecular weight is 206 g/mol. The highest BCUT2D eigenvalue weighted by atomic mass is 32.3. The van der Waals surface area contributed by atoms with Crippen molar-refractivity contribution in [3.63, 3.8) is 0 Å². The molecular formula is C5H6N2O3S2. The molecule has 66 valence electrons. The lowest BCUT2D eigenvalue weighted by atomic mass is 10.8. The molecule has 12 heavy (non-hydrogen) atoms. The van der Waals surface area contributed by atoms with E-state index < -0.39 is 19.8 Å².